The van der Waals surface area contributed by atoms with Crippen molar-refractivity contribution < 1.29 is 14.5 Å². The fourth-order valence-corrected chi connectivity index (χ4v) is 2.58. The summed E-state index contributed by atoms with van der Waals surface area (Å²) < 4.78 is 0. The highest BCUT2D eigenvalue weighted by Crippen LogP contribution is 2.27. The van der Waals surface area contributed by atoms with Crippen molar-refractivity contribution in [3.63, 3.8) is 0 Å². The minimum absolute atomic E-state index is 0.0949. The molecule has 1 aliphatic heterocycles. The highest BCUT2D eigenvalue weighted by atomic mass is 16.6. The second-order valence-corrected chi connectivity index (χ2v) is 5.74. The first-order valence-electron chi connectivity index (χ1n) is 7.65. The lowest BCUT2D eigenvalue weighted by atomic mass is 10.1. The maximum Gasteiger partial charge on any atom is 0.271 e. The Labute approximate surface area is 143 Å². The van der Waals surface area contributed by atoms with Crippen LogP contribution in [0, 0.1) is 17.0 Å². The van der Waals surface area contributed by atoms with E-state index in [0.717, 1.165) is 5.69 Å². The molecule has 1 atom stereocenters. The van der Waals surface area contributed by atoms with Gasteiger partial charge in [-0.2, -0.15) is 0 Å². The van der Waals surface area contributed by atoms with Gasteiger partial charge in [-0.15, -0.1) is 0 Å². The Morgan fingerprint density at radius 2 is 1.96 bits per heavy atom. The van der Waals surface area contributed by atoms with Crippen LogP contribution in [0.5, 0.6) is 0 Å². The van der Waals surface area contributed by atoms with Gasteiger partial charge in [0.2, 0.25) is 11.8 Å². The molecule has 2 aromatic carbocycles. The van der Waals surface area contributed by atoms with Gasteiger partial charge in [-0.05, 0) is 24.6 Å². The first-order chi connectivity index (χ1) is 11.9. The molecule has 0 aliphatic carbocycles. The molecule has 128 valence electrons. The minimum Gasteiger partial charge on any atom is -0.372 e. The molecule has 0 fully saturated rings. The van der Waals surface area contributed by atoms with Crippen molar-refractivity contribution in [3.8, 4) is 0 Å². The van der Waals surface area contributed by atoms with Gasteiger partial charge in [-0.3, -0.25) is 19.7 Å². The van der Waals surface area contributed by atoms with Crippen LogP contribution in [0.2, 0.25) is 0 Å². The van der Waals surface area contributed by atoms with Crippen LogP contribution < -0.4 is 16.0 Å². The van der Waals surface area contributed by atoms with Crippen molar-refractivity contribution >= 4 is 34.6 Å². The zero-order chi connectivity index (χ0) is 18.0. The SMILES string of the molecule is Cc1ccc([N+](=O)[O-])cc1NC(=O)C[C@@H]1Nc2ccccc2NC1=O. The number of rotatable bonds is 4. The topological polar surface area (TPSA) is 113 Å². The lowest BCUT2D eigenvalue weighted by Crippen LogP contribution is -2.41. The van der Waals surface area contributed by atoms with Crippen LogP contribution in [-0.4, -0.2) is 22.8 Å². The van der Waals surface area contributed by atoms with Crippen LogP contribution in [0.4, 0.5) is 22.7 Å². The number of para-hydroxylation sites is 2. The number of carbonyl (C=O) groups excluding carboxylic acids is 2. The third-order valence-corrected chi connectivity index (χ3v) is 3.93. The number of nitrogens with zero attached hydrogens (tertiary/aromatic N) is 1. The quantitative estimate of drug-likeness (QED) is 0.585. The van der Waals surface area contributed by atoms with Crippen LogP contribution in [0.15, 0.2) is 42.5 Å². The van der Waals surface area contributed by atoms with Crippen LogP contribution in [-0.2, 0) is 9.59 Å². The number of fused-ring (bicyclic) bond motifs is 1. The molecule has 0 bridgehead atoms. The molecule has 3 rings (SSSR count). The fraction of sp³-hybridized carbons (Fsp3) is 0.176. The third-order valence-electron chi connectivity index (χ3n) is 3.93. The van der Waals surface area contributed by atoms with E-state index in [4.69, 9.17) is 0 Å². The first-order valence-corrected chi connectivity index (χ1v) is 7.65. The lowest BCUT2D eigenvalue weighted by Gasteiger charge is -2.26. The minimum atomic E-state index is -0.714. The average molecular weight is 340 g/mol. The van der Waals surface area contributed by atoms with E-state index >= 15 is 0 Å². The van der Waals surface area contributed by atoms with Gasteiger partial charge in [0.05, 0.1) is 28.4 Å². The molecule has 0 radical (unpaired) electrons. The number of nitro benzene ring substituents is 1. The number of anilines is 3. The standard InChI is InChI=1S/C17H16N4O4/c1-10-6-7-11(21(24)25)8-14(10)19-16(22)9-15-17(23)20-13-5-3-2-4-12(13)18-15/h2-8,15,18H,9H2,1H3,(H,19,22)(H,20,23)/t15-/m0/s1. The highest BCUT2D eigenvalue weighted by molar-refractivity contribution is 6.06. The van der Waals surface area contributed by atoms with Crippen LogP contribution >= 0.6 is 0 Å². The number of aryl methyl sites for hydroxylation is 1. The number of hydrogen-bond donors (Lipinski definition) is 3. The number of nitro groups is 1. The predicted octanol–water partition coefficient (Wildman–Crippen LogP) is 2.66. The molecule has 0 saturated heterocycles. The molecule has 25 heavy (non-hydrogen) atoms. The maximum absolute atomic E-state index is 12.3. The van der Waals surface area contributed by atoms with Crippen molar-refractivity contribution in [2.24, 2.45) is 0 Å². The van der Waals surface area contributed by atoms with Crippen LogP contribution in [0.25, 0.3) is 0 Å². The van der Waals surface area contributed by atoms with E-state index in [9.17, 15) is 19.7 Å². The molecule has 8 heteroatoms. The average Bonchev–Trinajstić information content (AvgIpc) is 2.57. The Morgan fingerprint density at radius 1 is 1.24 bits per heavy atom. The summed E-state index contributed by atoms with van der Waals surface area (Å²) in [6, 6.07) is 10.7. The largest absolute Gasteiger partial charge is 0.372 e. The van der Waals surface area contributed by atoms with E-state index in [1.165, 1.54) is 12.1 Å². The summed E-state index contributed by atoms with van der Waals surface area (Å²) in [6.45, 7) is 1.74. The molecule has 2 amide bonds. The van der Waals surface area contributed by atoms with Crippen molar-refractivity contribution in [2.45, 2.75) is 19.4 Å². The summed E-state index contributed by atoms with van der Waals surface area (Å²) in [6.07, 6.45) is -0.0949. The molecule has 8 nitrogen and oxygen atoms in total. The van der Waals surface area contributed by atoms with E-state index in [0.29, 0.717) is 16.9 Å². The van der Waals surface area contributed by atoms with E-state index in [2.05, 4.69) is 16.0 Å². The van der Waals surface area contributed by atoms with Crippen molar-refractivity contribution in [1.82, 2.24) is 0 Å². The molecule has 1 aliphatic rings. The van der Waals surface area contributed by atoms with Gasteiger partial charge in [0, 0.05) is 12.1 Å². The molecule has 1 heterocycles. The fourth-order valence-electron chi connectivity index (χ4n) is 2.58. The van der Waals surface area contributed by atoms with Gasteiger partial charge < -0.3 is 16.0 Å². The molecule has 3 N–H and O–H groups in total. The maximum atomic E-state index is 12.3. The second-order valence-electron chi connectivity index (χ2n) is 5.74. The lowest BCUT2D eigenvalue weighted by molar-refractivity contribution is -0.384. The number of carbonyl (C=O) groups is 2. The molecule has 0 unspecified atom stereocenters. The Kier molecular flexibility index (Phi) is 4.34. The number of nitrogens with one attached hydrogen (secondary N) is 3. The molecule has 0 saturated carbocycles. The summed E-state index contributed by atoms with van der Waals surface area (Å²) in [5.74, 6) is -0.708. The van der Waals surface area contributed by atoms with Crippen molar-refractivity contribution in [1.29, 1.82) is 0 Å². The van der Waals surface area contributed by atoms with Crippen molar-refractivity contribution in [3.05, 3.63) is 58.1 Å². The number of benzene rings is 2. The number of hydrogen-bond acceptors (Lipinski definition) is 5. The summed E-state index contributed by atoms with van der Waals surface area (Å²) in [7, 11) is 0. The van der Waals surface area contributed by atoms with Gasteiger partial charge in [0.25, 0.3) is 5.69 Å². The first kappa shape index (κ1) is 16.4. The normalized spacial score (nSPS) is 15.6. The zero-order valence-corrected chi connectivity index (χ0v) is 13.4. The van der Waals surface area contributed by atoms with Crippen molar-refractivity contribution in [2.75, 3.05) is 16.0 Å². The van der Waals surface area contributed by atoms with Gasteiger partial charge in [0.1, 0.15) is 6.04 Å². The molecular formula is C17H16N4O4. The molecule has 0 spiro atoms. The predicted molar refractivity (Wildman–Crippen MR) is 93.6 cm³/mol. The number of non-ortho nitro benzene ring substituents is 1. The molecular weight excluding hydrogens is 324 g/mol. The Balaban J connectivity index is 1.70. The van der Waals surface area contributed by atoms with Crippen LogP contribution in [0.3, 0.4) is 0 Å². The van der Waals surface area contributed by atoms with E-state index in [-0.39, 0.29) is 18.0 Å². The summed E-state index contributed by atoms with van der Waals surface area (Å²) in [4.78, 5) is 34.7. The van der Waals surface area contributed by atoms with Gasteiger partial charge in [-0.25, -0.2) is 0 Å². The third kappa shape index (κ3) is 3.57. The Morgan fingerprint density at radius 3 is 2.68 bits per heavy atom. The van der Waals surface area contributed by atoms with E-state index in [1.54, 1.807) is 25.1 Å². The Bertz CT molecular complexity index is 865. The van der Waals surface area contributed by atoms with Gasteiger partial charge in [-0.1, -0.05) is 18.2 Å². The van der Waals surface area contributed by atoms with Crippen LogP contribution in [0.1, 0.15) is 12.0 Å². The Hall–Kier alpha value is -3.42. The van der Waals surface area contributed by atoms with Gasteiger partial charge >= 0.3 is 0 Å². The monoisotopic (exact) mass is 340 g/mol. The van der Waals surface area contributed by atoms with Gasteiger partial charge in [0.15, 0.2) is 0 Å². The number of amides is 2. The molecule has 0 aromatic heterocycles. The summed E-state index contributed by atoms with van der Waals surface area (Å²) in [5.41, 5.74) is 2.36. The highest BCUT2D eigenvalue weighted by Gasteiger charge is 2.27. The second kappa shape index (κ2) is 6.60. The molecule has 2 aromatic rings. The summed E-state index contributed by atoms with van der Waals surface area (Å²) in [5, 5.41) is 19.3. The van der Waals surface area contributed by atoms with E-state index < -0.39 is 16.9 Å². The smallest absolute Gasteiger partial charge is 0.271 e. The zero-order valence-electron chi connectivity index (χ0n) is 13.4. The summed E-state index contributed by atoms with van der Waals surface area (Å²) >= 11 is 0. The van der Waals surface area contributed by atoms with E-state index in [1.807, 2.05) is 12.1 Å².